The molecule has 1 aliphatic carbocycles. The molecular weight excluding hydrogens is 482 g/mol. The topological polar surface area (TPSA) is 70.2 Å². The van der Waals surface area contributed by atoms with E-state index in [0.717, 1.165) is 55.2 Å². The zero-order valence-electron chi connectivity index (χ0n) is 24.0. The number of carbonyl (C=O) groups excluding carboxylic acids is 1. The molecule has 1 fully saturated rings. The van der Waals surface area contributed by atoms with E-state index in [2.05, 4.69) is 47.0 Å². The maximum Gasteiger partial charge on any atom is 0.225 e. The third-order valence-corrected chi connectivity index (χ3v) is 7.89. The number of fused-ring (bicyclic) bond motifs is 1. The van der Waals surface area contributed by atoms with E-state index in [1.165, 1.54) is 50.5 Å². The Morgan fingerprint density at radius 3 is 2.10 bits per heavy atom. The predicted molar refractivity (Wildman–Crippen MR) is 163 cm³/mol. The number of carbonyl (C=O) groups is 1. The molecule has 0 aliphatic heterocycles. The van der Waals surface area contributed by atoms with Gasteiger partial charge in [-0.1, -0.05) is 81.0 Å². The molecule has 1 aliphatic rings. The largest absolute Gasteiger partial charge is 0.362 e. The highest BCUT2D eigenvalue weighted by Crippen LogP contribution is 2.26. The number of benzene rings is 2. The van der Waals surface area contributed by atoms with Crippen molar-refractivity contribution < 1.29 is 4.79 Å². The third-order valence-electron chi connectivity index (χ3n) is 7.89. The first-order valence-corrected chi connectivity index (χ1v) is 15.1. The fraction of sp³-hybridized carbons (Fsp3) is 0.545. The number of nitrogens with zero attached hydrogens (tertiary/aromatic N) is 3. The molecule has 3 aromatic rings. The van der Waals surface area contributed by atoms with Crippen LogP contribution in [0.2, 0.25) is 0 Å². The summed E-state index contributed by atoms with van der Waals surface area (Å²) < 4.78 is 0. The number of unbranched alkanes of at least 4 members (excludes halogenated alkanes) is 7. The predicted octanol–water partition coefficient (Wildman–Crippen LogP) is 7.29. The highest BCUT2D eigenvalue weighted by atomic mass is 16.1. The molecular formula is C33H47N5O. The third kappa shape index (κ3) is 9.52. The Morgan fingerprint density at radius 2 is 1.38 bits per heavy atom. The summed E-state index contributed by atoms with van der Waals surface area (Å²) in [5, 5.41) is 7.91. The summed E-state index contributed by atoms with van der Waals surface area (Å²) >= 11 is 0. The van der Waals surface area contributed by atoms with E-state index in [9.17, 15) is 4.79 Å². The van der Waals surface area contributed by atoms with Crippen LogP contribution >= 0.6 is 0 Å². The van der Waals surface area contributed by atoms with Gasteiger partial charge in [-0.15, -0.1) is 0 Å². The summed E-state index contributed by atoms with van der Waals surface area (Å²) in [6, 6.07) is 19.6. The smallest absolute Gasteiger partial charge is 0.225 e. The van der Waals surface area contributed by atoms with Gasteiger partial charge in [-0.2, -0.15) is 4.98 Å². The molecule has 2 N–H and O–H groups in total. The van der Waals surface area contributed by atoms with E-state index in [1.807, 2.05) is 37.2 Å². The molecule has 210 valence electrons. The molecule has 0 atom stereocenters. The molecule has 0 bridgehead atoms. The van der Waals surface area contributed by atoms with Gasteiger partial charge < -0.3 is 15.5 Å². The Morgan fingerprint density at radius 1 is 0.769 bits per heavy atom. The summed E-state index contributed by atoms with van der Waals surface area (Å²) in [5.41, 5.74) is 2.41. The lowest BCUT2D eigenvalue weighted by Gasteiger charge is -2.30. The molecule has 0 unspecified atom stereocenters. The van der Waals surface area contributed by atoms with Crippen LogP contribution in [-0.2, 0) is 11.2 Å². The normalized spacial score (nSPS) is 17.2. The molecule has 1 amide bonds. The van der Waals surface area contributed by atoms with Gasteiger partial charge in [-0.25, -0.2) is 4.98 Å². The number of aryl methyl sites for hydroxylation is 1. The molecule has 6 heteroatoms. The van der Waals surface area contributed by atoms with E-state index < -0.39 is 0 Å². The quantitative estimate of drug-likeness (QED) is 0.202. The zero-order valence-corrected chi connectivity index (χ0v) is 24.0. The lowest BCUT2D eigenvalue weighted by Crippen LogP contribution is -2.40. The highest BCUT2D eigenvalue weighted by Gasteiger charge is 2.23. The fourth-order valence-corrected chi connectivity index (χ4v) is 5.65. The van der Waals surface area contributed by atoms with Crippen LogP contribution in [0.4, 0.5) is 11.8 Å². The number of nitrogens with one attached hydrogen (secondary N) is 2. The van der Waals surface area contributed by atoms with Gasteiger partial charge in [-0.3, -0.25) is 4.79 Å². The lowest BCUT2D eigenvalue weighted by atomic mass is 9.91. The number of para-hydroxylation sites is 1. The number of rotatable bonds is 15. The van der Waals surface area contributed by atoms with E-state index in [1.54, 1.807) is 0 Å². The summed E-state index contributed by atoms with van der Waals surface area (Å²) in [5.74, 6) is 1.85. The SMILES string of the molecule is CN(C)c1nc(N[C@H]2CC[C@@H](NC(=O)CCCCCCCCCCc3ccccc3)CC2)nc2ccccc12. The van der Waals surface area contributed by atoms with E-state index in [-0.39, 0.29) is 5.91 Å². The molecule has 2 aromatic carbocycles. The monoisotopic (exact) mass is 529 g/mol. The van der Waals surface area contributed by atoms with Crippen LogP contribution in [0.15, 0.2) is 54.6 Å². The number of anilines is 2. The van der Waals surface area contributed by atoms with Crippen LogP contribution in [0.3, 0.4) is 0 Å². The van der Waals surface area contributed by atoms with Gasteiger partial charge in [0.2, 0.25) is 11.9 Å². The molecule has 1 aromatic heterocycles. The second-order valence-electron chi connectivity index (χ2n) is 11.4. The highest BCUT2D eigenvalue weighted by molar-refractivity contribution is 5.90. The summed E-state index contributed by atoms with van der Waals surface area (Å²) in [4.78, 5) is 24.0. The Kier molecular flexibility index (Phi) is 11.4. The van der Waals surface area contributed by atoms with E-state index in [0.29, 0.717) is 24.5 Å². The van der Waals surface area contributed by atoms with Crippen LogP contribution in [0.5, 0.6) is 0 Å². The van der Waals surface area contributed by atoms with Crippen molar-refractivity contribution in [2.75, 3.05) is 24.3 Å². The van der Waals surface area contributed by atoms with Gasteiger partial charge in [0.1, 0.15) is 5.82 Å². The zero-order chi connectivity index (χ0) is 27.3. The summed E-state index contributed by atoms with van der Waals surface area (Å²) in [6.45, 7) is 0. The van der Waals surface area contributed by atoms with Crippen LogP contribution in [0.1, 0.15) is 89.0 Å². The molecule has 39 heavy (non-hydrogen) atoms. The minimum atomic E-state index is 0.223. The van der Waals surface area contributed by atoms with Gasteiger partial charge in [0.15, 0.2) is 0 Å². The maximum absolute atomic E-state index is 12.5. The first kappa shape index (κ1) is 28.8. The van der Waals surface area contributed by atoms with Crippen molar-refractivity contribution in [1.29, 1.82) is 0 Å². The van der Waals surface area contributed by atoms with Crippen molar-refractivity contribution in [1.82, 2.24) is 15.3 Å². The van der Waals surface area contributed by atoms with Crippen molar-refractivity contribution in [2.45, 2.75) is 102 Å². The van der Waals surface area contributed by atoms with Gasteiger partial charge in [0, 0.05) is 38.0 Å². The van der Waals surface area contributed by atoms with Crippen LogP contribution in [0.25, 0.3) is 10.9 Å². The van der Waals surface area contributed by atoms with Crippen molar-refractivity contribution in [3.05, 3.63) is 60.2 Å². The van der Waals surface area contributed by atoms with Crippen molar-refractivity contribution in [2.24, 2.45) is 0 Å². The average molecular weight is 530 g/mol. The van der Waals surface area contributed by atoms with Crippen molar-refractivity contribution in [3.8, 4) is 0 Å². The van der Waals surface area contributed by atoms with Gasteiger partial charge in [-0.05, 0) is 62.6 Å². The Balaban J connectivity index is 1.04. The Hall–Kier alpha value is -3.15. The maximum atomic E-state index is 12.5. The first-order valence-electron chi connectivity index (χ1n) is 15.1. The number of hydrogen-bond donors (Lipinski definition) is 2. The Labute approximate surface area is 235 Å². The van der Waals surface area contributed by atoms with E-state index in [4.69, 9.17) is 9.97 Å². The Bertz CT molecular complexity index is 1140. The molecule has 1 heterocycles. The summed E-state index contributed by atoms with van der Waals surface area (Å²) in [7, 11) is 4.03. The van der Waals surface area contributed by atoms with Crippen LogP contribution in [-0.4, -0.2) is 42.1 Å². The fourth-order valence-electron chi connectivity index (χ4n) is 5.65. The summed E-state index contributed by atoms with van der Waals surface area (Å²) in [6.07, 6.45) is 15.9. The molecule has 0 radical (unpaired) electrons. The molecule has 4 rings (SSSR count). The minimum Gasteiger partial charge on any atom is -0.362 e. The number of aromatic nitrogens is 2. The lowest BCUT2D eigenvalue weighted by molar-refractivity contribution is -0.122. The van der Waals surface area contributed by atoms with Crippen molar-refractivity contribution in [3.63, 3.8) is 0 Å². The average Bonchev–Trinajstić information content (AvgIpc) is 2.95. The standard InChI is InChI=1S/C33H47N5O/c1-38(2)32-29-19-14-15-20-30(29)36-33(37-32)35-28-24-22-27(23-25-28)34-31(39)21-13-8-6-4-3-5-7-10-16-26-17-11-9-12-18-26/h9,11-12,14-15,17-20,27-28H,3-8,10,13,16,21-25H2,1-2H3,(H,34,39)(H,35,36,37)/t27-,28+. The minimum absolute atomic E-state index is 0.223. The second kappa shape index (κ2) is 15.4. The number of hydrogen-bond acceptors (Lipinski definition) is 5. The van der Waals surface area contributed by atoms with E-state index >= 15 is 0 Å². The van der Waals surface area contributed by atoms with Crippen molar-refractivity contribution >= 4 is 28.6 Å². The van der Waals surface area contributed by atoms with Gasteiger partial charge in [0.05, 0.1) is 5.52 Å². The van der Waals surface area contributed by atoms with Crippen LogP contribution in [0, 0.1) is 0 Å². The second-order valence-corrected chi connectivity index (χ2v) is 11.4. The molecule has 0 saturated heterocycles. The molecule has 1 saturated carbocycles. The molecule has 6 nitrogen and oxygen atoms in total. The molecule has 0 spiro atoms. The number of amides is 1. The van der Waals surface area contributed by atoms with Gasteiger partial charge >= 0.3 is 0 Å². The van der Waals surface area contributed by atoms with Gasteiger partial charge in [0.25, 0.3) is 0 Å². The van der Waals surface area contributed by atoms with Crippen LogP contribution < -0.4 is 15.5 Å². The first-order chi connectivity index (χ1) is 19.1.